The second kappa shape index (κ2) is 4.00. The quantitative estimate of drug-likeness (QED) is 0.817. The van der Waals surface area contributed by atoms with E-state index in [0.29, 0.717) is 5.82 Å². The second-order valence-corrected chi connectivity index (χ2v) is 5.95. The van der Waals surface area contributed by atoms with Gasteiger partial charge in [-0.25, -0.2) is 0 Å². The number of nitrogens with zero attached hydrogens (tertiary/aromatic N) is 1. The summed E-state index contributed by atoms with van der Waals surface area (Å²) in [6.45, 7) is 6.38. The van der Waals surface area contributed by atoms with Crippen molar-refractivity contribution in [1.82, 2.24) is 9.97 Å². The summed E-state index contributed by atoms with van der Waals surface area (Å²) in [5.74, 6) is 0.157. The summed E-state index contributed by atoms with van der Waals surface area (Å²) in [7, 11) is 0. The fourth-order valence-corrected chi connectivity index (χ4v) is 2.44. The van der Waals surface area contributed by atoms with E-state index in [0.717, 1.165) is 10.9 Å². The molecule has 0 fully saturated rings. The Morgan fingerprint density at radius 1 is 1.35 bits per heavy atom. The Kier molecular flexibility index (Phi) is 2.79. The molecule has 0 amide bonds. The molecule has 0 aliphatic rings. The van der Waals surface area contributed by atoms with Gasteiger partial charge < -0.3 is 10.1 Å². The monoisotopic (exact) mass is 250 g/mol. The van der Waals surface area contributed by atoms with Gasteiger partial charge in [0, 0.05) is 4.88 Å². The minimum Gasteiger partial charge on any atom is -0.493 e. The normalized spacial score (nSPS) is 11.7. The molecule has 2 aromatic heterocycles. The minimum absolute atomic E-state index is 0.0695. The fraction of sp³-hybridized carbons (Fsp3) is 0.333. The van der Waals surface area contributed by atoms with Crippen LogP contribution in [-0.4, -0.2) is 15.1 Å². The van der Waals surface area contributed by atoms with Crippen LogP contribution in [0.1, 0.15) is 25.6 Å². The highest BCUT2D eigenvalue weighted by Crippen LogP contribution is 2.33. The van der Waals surface area contributed by atoms with E-state index in [1.54, 1.807) is 11.3 Å². The van der Waals surface area contributed by atoms with Crippen molar-refractivity contribution in [3.63, 3.8) is 0 Å². The van der Waals surface area contributed by atoms with Gasteiger partial charge in [0.05, 0.1) is 10.9 Å². The largest absolute Gasteiger partial charge is 0.493 e. The van der Waals surface area contributed by atoms with Gasteiger partial charge in [-0.3, -0.25) is 4.79 Å². The molecule has 0 aliphatic heterocycles. The molecule has 0 saturated carbocycles. The van der Waals surface area contributed by atoms with Crippen molar-refractivity contribution in [3.8, 4) is 16.6 Å². The van der Waals surface area contributed by atoms with E-state index in [1.165, 1.54) is 4.88 Å². The Labute approximate surface area is 103 Å². The van der Waals surface area contributed by atoms with Gasteiger partial charge in [-0.2, -0.15) is 4.98 Å². The van der Waals surface area contributed by atoms with E-state index in [-0.39, 0.29) is 16.9 Å². The van der Waals surface area contributed by atoms with Crippen molar-refractivity contribution in [2.45, 2.75) is 26.2 Å². The number of nitrogens with one attached hydrogen (secondary N) is 1. The van der Waals surface area contributed by atoms with Crippen LogP contribution in [0.5, 0.6) is 5.88 Å². The standard InChI is InChI=1S/C12H14N2O2S/c1-12(2,3)8-5-4-7(17-8)11-13-9(15)6-10(16)14-11/h4-6H,1-3H3,(H2,13,14,15,16). The lowest BCUT2D eigenvalue weighted by Gasteiger charge is -2.15. The smallest absolute Gasteiger partial charge is 0.254 e. The number of hydrogen-bond acceptors (Lipinski definition) is 4. The van der Waals surface area contributed by atoms with Gasteiger partial charge in [0.25, 0.3) is 5.56 Å². The van der Waals surface area contributed by atoms with Crippen molar-refractivity contribution in [3.05, 3.63) is 33.4 Å². The van der Waals surface area contributed by atoms with Crippen LogP contribution in [0.4, 0.5) is 0 Å². The number of aromatic nitrogens is 2. The van der Waals surface area contributed by atoms with Gasteiger partial charge in [0.2, 0.25) is 5.88 Å². The van der Waals surface area contributed by atoms with Crippen LogP contribution in [0.15, 0.2) is 23.0 Å². The number of rotatable bonds is 1. The van der Waals surface area contributed by atoms with Crippen LogP contribution in [0.25, 0.3) is 10.7 Å². The van der Waals surface area contributed by atoms with Gasteiger partial charge in [0.15, 0.2) is 5.82 Å². The van der Waals surface area contributed by atoms with Crippen molar-refractivity contribution in [1.29, 1.82) is 0 Å². The molecule has 0 aromatic carbocycles. The van der Waals surface area contributed by atoms with Gasteiger partial charge in [-0.15, -0.1) is 11.3 Å². The molecule has 2 aromatic rings. The highest BCUT2D eigenvalue weighted by molar-refractivity contribution is 7.15. The number of aromatic amines is 1. The van der Waals surface area contributed by atoms with E-state index in [9.17, 15) is 9.90 Å². The third kappa shape index (κ3) is 2.55. The maximum atomic E-state index is 11.2. The zero-order chi connectivity index (χ0) is 12.6. The third-order valence-electron chi connectivity index (χ3n) is 2.31. The molecule has 90 valence electrons. The molecule has 0 bridgehead atoms. The Hall–Kier alpha value is -1.62. The van der Waals surface area contributed by atoms with Crippen LogP contribution in [-0.2, 0) is 5.41 Å². The average molecular weight is 250 g/mol. The Bertz CT molecular complexity index is 593. The Balaban J connectivity index is 2.47. The number of hydrogen-bond donors (Lipinski definition) is 2. The van der Waals surface area contributed by atoms with Gasteiger partial charge in [-0.1, -0.05) is 20.8 Å². The van der Waals surface area contributed by atoms with Crippen molar-refractivity contribution in [2.24, 2.45) is 0 Å². The fourth-order valence-electron chi connectivity index (χ4n) is 1.43. The topological polar surface area (TPSA) is 66.0 Å². The Morgan fingerprint density at radius 3 is 2.59 bits per heavy atom. The first-order valence-corrected chi connectivity index (χ1v) is 6.09. The first-order chi connectivity index (χ1) is 7.86. The van der Waals surface area contributed by atoms with Crippen LogP contribution in [0.3, 0.4) is 0 Å². The predicted octanol–water partition coefficient (Wildman–Crippen LogP) is 2.50. The lowest BCUT2D eigenvalue weighted by molar-refractivity contribution is 0.452. The summed E-state index contributed by atoms with van der Waals surface area (Å²) in [4.78, 5) is 19.8. The lowest BCUT2D eigenvalue weighted by atomic mass is 9.95. The van der Waals surface area contributed by atoms with Crippen LogP contribution in [0, 0.1) is 0 Å². The van der Waals surface area contributed by atoms with Crippen molar-refractivity contribution < 1.29 is 5.11 Å². The lowest BCUT2D eigenvalue weighted by Crippen LogP contribution is -2.08. The predicted molar refractivity (Wildman–Crippen MR) is 68.5 cm³/mol. The molecule has 2 N–H and O–H groups in total. The molecule has 0 spiro atoms. The minimum atomic E-state index is -0.349. The summed E-state index contributed by atoms with van der Waals surface area (Å²) in [5, 5.41) is 9.30. The average Bonchev–Trinajstić information content (AvgIpc) is 2.63. The zero-order valence-electron chi connectivity index (χ0n) is 9.94. The van der Waals surface area contributed by atoms with E-state index in [1.807, 2.05) is 12.1 Å². The van der Waals surface area contributed by atoms with Crippen LogP contribution >= 0.6 is 11.3 Å². The first-order valence-electron chi connectivity index (χ1n) is 5.27. The molecular formula is C12H14N2O2S. The Morgan fingerprint density at radius 2 is 2.06 bits per heavy atom. The van der Waals surface area contributed by atoms with E-state index in [2.05, 4.69) is 30.7 Å². The number of aromatic hydroxyl groups is 1. The molecule has 17 heavy (non-hydrogen) atoms. The molecule has 0 radical (unpaired) electrons. The van der Waals surface area contributed by atoms with E-state index >= 15 is 0 Å². The van der Waals surface area contributed by atoms with Crippen molar-refractivity contribution in [2.75, 3.05) is 0 Å². The maximum absolute atomic E-state index is 11.2. The molecule has 0 unspecified atom stereocenters. The summed E-state index contributed by atoms with van der Waals surface area (Å²) < 4.78 is 0. The molecule has 2 heterocycles. The van der Waals surface area contributed by atoms with Gasteiger partial charge in [-0.05, 0) is 17.5 Å². The first kappa shape index (κ1) is 11.9. The molecule has 5 heteroatoms. The molecular weight excluding hydrogens is 236 g/mol. The van der Waals surface area contributed by atoms with E-state index < -0.39 is 0 Å². The maximum Gasteiger partial charge on any atom is 0.254 e. The summed E-state index contributed by atoms with van der Waals surface area (Å²) in [6.07, 6.45) is 0. The summed E-state index contributed by atoms with van der Waals surface area (Å²) in [5.41, 5.74) is -0.279. The molecule has 0 aliphatic carbocycles. The highest BCUT2D eigenvalue weighted by Gasteiger charge is 2.17. The zero-order valence-corrected chi connectivity index (χ0v) is 10.8. The van der Waals surface area contributed by atoms with E-state index in [4.69, 9.17) is 0 Å². The molecule has 0 atom stereocenters. The molecule has 2 rings (SSSR count). The third-order valence-corrected chi connectivity index (χ3v) is 3.82. The van der Waals surface area contributed by atoms with Crippen LogP contribution in [0.2, 0.25) is 0 Å². The number of H-pyrrole nitrogens is 1. The summed E-state index contributed by atoms with van der Waals surface area (Å²) in [6, 6.07) is 4.98. The molecule has 4 nitrogen and oxygen atoms in total. The summed E-state index contributed by atoms with van der Waals surface area (Å²) >= 11 is 1.57. The number of thiophene rings is 1. The van der Waals surface area contributed by atoms with Gasteiger partial charge in [0.1, 0.15) is 0 Å². The van der Waals surface area contributed by atoms with Crippen molar-refractivity contribution >= 4 is 11.3 Å². The van der Waals surface area contributed by atoms with Gasteiger partial charge >= 0.3 is 0 Å². The second-order valence-electron chi connectivity index (χ2n) is 4.87. The molecule has 0 saturated heterocycles. The highest BCUT2D eigenvalue weighted by atomic mass is 32.1. The van der Waals surface area contributed by atoms with Crippen LogP contribution < -0.4 is 5.56 Å². The SMILES string of the molecule is CC(C)(C)c1ccc(-c2nc(O)cc(=O)[nH]2)s1.